The molecule has 0 spiro atoms. The molecule has 6 nitrogen and oxygen atoms in total. The Hall–Kier alpha value is -2.89. The summed E-state index contributed by atoms with van der Waals surface area (Å²) in [7, 11) is 0. The van der Waals surface area contributed by atoms with Crippen LogP contribution in [0.15, 0.2) is 48.8 Å². The molecule has 1 aromatic heterocycles. The second-order valence-corrected chi connectivity index (χ2v) is 4.30. The Balaban J connectivity index is 1.75. The molecule has 0 aliphatic carbocycles. The van der Waals surface area contributed by atoms with Crippen molar-refractivity contribution in [3.05, 3.63) is 59.9 Å². The topological polar surface area (TPSA) is 91.3 Å². The zero-order valence-electron chi connectivity index (χ0n) is 11.2. The molecule has 6 heteroatoms. The first-order chi connectivity index (χ1) is 10.2. The molecule has 0 unspecified atom stereocenters. The maximum atomic E-state index is 11.8. The first-order valence-corrected chi connectivity index (χ1v) is 6.42. The van der Waals surface area contributed by atoms with Crippen molar-refractivity contribution in [3.63, 3.8) is 0 Å². The SMILES string of the molecule is O=C(NCCNC(=O)c1cccc(O)c1)c1ccncc1. The van der Waals surface area contributed by atoms with Crippen LogP contribution in [0.3, 0.4) is 0 Å². The quantitative estimate of drug-likeness (QED) is 0.713. The molecular weight excluding hydrogens is 270 g/mol. The number of benzene rings is 1. The number of pyridine rings is 1. The van der Waals surface area contributed by atoms with Gasteiger partial charge in [-0.05, 0) is 30.3 Å². The molecule has 21 heavy (non-hydrogen) atoms. The maximum Gasteiger partial charge on any atom is 0.251 e. The van der Waals surface area contributed by atoms with E-state index in [0.717, 1.165) is 0 Å². The van der Waals surface area contributed by atoms with Crippen molar-refractivity contribution in [1.29, 1.82) is 0 Å². The predicted octanol–water partition coefficient (Wildman–Crippen LogP) is 0.947. The largest absolute Gasteiger partial charge is 0.508 e. The van der Waals surface area contributed by atoms with Gasteiger partial charge in [-0.25, -0.2) is 0 Å². The number of carbonyl (C=O) groups excluding carboxylic acids is 2. The van der Waals surface area contributed by atoms with E-state index in [9.17, 15) is 14.7 Å². The van der Waals surface area contributed by atoms with Gasteiger partial charge in [0.25, 0.3) is 11.8 Å². The van der Waals surface area contributed by atoms with Crippen LogP contribution in [0.5, 0.6) is 5.75 Å². The summed E-state index contributed by atoms with van der Waals surface area (Å²) >= 11 is 0. The number of phenolic OH excluding ortho intramolecular Hbond substituents is 1. The van der Waals surface area contributed by atoms with Gasteiger partial charge < -0.3 is 15.7 Å². The van der Waals surface area contributed by atoms with E-state index in [1.54, 1.807) is 36.7 Å². The number of amides is 2. The Kier molecular flexibility index (Phi) is 4.87. The smallest absolute Gasteiger partial charge is 0.251 e. The molecule has 1 heterocycles. The summed E-state index contributed by atoms with van der Waals surface area (Å²) in [5.74, 6) is -0.485. The van der Waals surface area contributed by atoms with Crippen LogP contribution in [0, 0.1) is 0 Å². The molecule has 0 aliphatic rings. The summed E-state index contributed by atoms with van der Waals surface area (Å²) in [4.78, 5) is 27.3. The fraction of sp³-hybridized carbons (Fsp3) is 0.133. The lowest BCUT2D eigenvalue weighted by atomic mass is 10.2. The Morgan fingerprint density at radius 1 is 0.952 bits per heavy atom. The van der Waals surface area contributed by atoms with Crippen LogP contribution in [0.25, 0.3) is 0 Å². The van der Waals surface area contributed by atoms with E-state index in [-0.39, 0.29) is 17.6 Å². The van der Waals surface area contributed by atoms with Crippen LogP contribution < -0.4 is 10.6 Å². The molecule has 1 aromatic carbocycles. The van der Waals surface area contributed by atoms with E-state index in [1.165, 1.54) is 12.1 Å². The van der Waals surface area contributed by atoms with Crippen molar-refractivity contribution in [3.8, 4) is 5.75 Å². The fourth-order valence-electron chi connectivity index (χ4n) is 1.71. The van der Waals surface area contributed by atoms with E-state index < -0.39 is 0 Å². The molecule has 0 aliphatic heterocycles. The number of nitrogens with one attached hydrogen (secondary N) is 2. The van der Waals surface area contributed by atoms with Crippen LogP contribution in [-0.4, -0.2) is 35.0 Å². The van der Waals surface area contributed by atoms with Crippen molar-refractivity contribution < 1.29 is 14.7 Å². The highest BCUT2D eigenvalue weighted by Gasteiger charge is 2.06. The van der Waals surface area contributed by atoms with Crippen LogP contribution in [0.4, 0.5) is 0 Å². The van der Waals surface area contributed by atoms with Gasteiger partial charge in [0.1, 0.15) is 5.75 Å². The normalized spacial score (nSPS) is 9.90. The lowest BCUT2D eigenvalue weighted by Gasteiger charge is -2.07. The van der Waals surface area contributed by atoms with E-state index in [0.29, 0.717) is 24.2 Å². The zero-order chi connectivity index (χ0) is 15.1. The minimum absolute atomic E-state index is 0.0358. The summed E-state index contributed by atoms with van der Waals surface area (Å²) in [6, 6.07) is 9.29. The van der Waals surface area contributed by atoms with Gasteiger partial charge >= 0.3 is 0 Å². The number of aromatic hydroxyl groups is 1. The Morgan fingerprint density at radius 3 is 2.19 bits per heavy atom. The first kappa shape index (κ1) is 14.5. The lowest BCUT2D eigenvalue weighted by molar-refractivity contribution is 0.0927. The highest BCUT2D eigenvalue weighted by Crippen LogP contribution is 2.10. The molecule has 0 fully saturated rings. The Morgan fingerprint density at radius 2 is 1.57 bits per heavy atom. The van der Waals surface area contributed by atoms with Crippen LogP contribution in [0.2, 0.25) is 0 Å². The van der Waals surface area contributed by atoms with Crippen LogP contribution in [0.1, 0.15) is 20.7 Å². The second kappa shape index (κ2) is 7.04. The first-order valence-electron chi connectivity index (χ1n) is 6.42. The molecule has 2 amide bonds. The van der Waals surface area contributed by atoms with Gasteiger partial charge in [0.2, 0.25) is 0 Å². The van der Waals surface area contributed by atoms with Crippen LogP contribution >= 0.6 is 0 Å². The Labute approximate surface area is 121 Å². The minimum Gasteiger partial charge on any atom is -0.508 e. The fourth-order valence-corrected chi connectivity index (χ4v) is 1.71. The third-order valence-corrected chi connectivity index (χ3v) is 2.75. The summed E-state index contributed by atoms with van der Waals surface area (Å²) in [5.41, 5.74) is 0.889. The highest BCUT2D eigenvalue weighted by molar-refractivity contribution is 5.95. The van der Waals surface area contributed by atoms with E-state index in [2.05, 4.69) is 15.6 Å². The number of rotatable bonds is 5. The standard InChI is InChI=1S/C15H15N3O3/c19-13-3-1-2-12(10-13)15(21)18-9-8-17-14(20)11-4-6-16-7-5-11/h1-7,10,19H,8-9H2,(H,17,20)(H,18,21). The van der Waals surface area contributed by atoms with Gasteiger partial charge in [-0.15, -0.1) is 0 Å². The number of nitrogens with zero attached hydrogens (tertiary/aromatic N) is 1. The average Bonchev–Trinajstić information content (AvgIpc) is 2.52. The number of phenols is 1. The molecule has 3 N–H and O–H groups in total. The van der Waals surface area contributed by atoms with Gasteiger partial charge in [0.15, 0.2) is 0 Å². The van der Waals surface area contributed by atoms with E-state index >= 15 is 0 Å². The molecule has 0 bridgehead atoms. The summed E-state index contributed by atoms with van der Waals surface area (Å²) in [5, 5.41) is 14.6. The molecular formula is C15H15N3O3. The van der Waals surface area contributed by atoms with Crippen molar-refractivity contribution >= 4 is 11.8 Å². The van der Waals surface area contributed by atoms with E-state index in [1.807, 2.05) is 0 Å². The summed E-state index contributed by atoms with van der Waals surface area (Å²) in [6.07, 6.45) is 3.08. The van der Waals surface area contributed by atoms with Gasteiger partial charge in [-0.2, -0.15) is 0 Å². The number of hydrogen-bond acceptors (Lipinski definition) is 4. The third-order valence-electron chi connectivity index (χ3n) is 2.75. The highest BCUT2D eigenvalue weighted by atomic mass is 16.3. The molecule has 2 rings (SSSR count). The van der Waals surface area contributed by atoms with Crippen molar-refractivity contribution in [2.75, 3.05) is 13.1 Å². The lowest BCUT2D eigenvalue weighted by Crippen LogP contribution is -2.34. The Bertz CT molecular complexity index is 629. The van der Waals surface area contributed by atoms with Gasteiger partial charge in [-0.3, -0.25) is 14.6 Å². The average molecular weight is 285 g/mol. The van der Waals surface area contributed by atoms with Crippen molar-refractivity contribution in [2.45, 2.75) is 0 Å². The van der Waals surface area contributed by atoms with Gasteiger partial charge in [0, 0.05) is 36.6 Å². The molecule has 0 radical (unpaired) electrons. The van der Waals surface area contributed by atoms with E-state index in [4.69, 9.17) is 0 Å². The second-order valence-electron chi connectivity index (χ2n) is 4.30. The number of carbonyl (C=O) groups is 2. The predicted molar refractivity (Wildman–Crippen MR) is 77.0 cm³/mol. The van der Waals surface area contributed by atoms with Gasteiger partial charge in [0.05, 0.1) is 0 Å². The third kappa shape index (κ3) is 4.31. The molecule has 0 saturated carbocycles. The number of hydrogen-bond donors (Lipinski definition) is 3. The van der Waals surface area contributed by atoms with Gasteiger partial charge in [-0.1, -0.05) is 6.07 Å². The minimum atomic E-state index is -0.302. The number of aromatic nitrogens is 1. The van der Waals surface area contributed by atoms with Crippen LogP contribution in [-0.2, 0) is 0 Å². The summed E-state index contributed by atoms with van der Waals surface area (Å²) < 4.78 is 0. The van der Waals surface area contributed by atoms with Crippen molar-refractivity contribution in [2.24, 2.45) is 0 Å². The molecule has 108 valence electrons. The maximum absolute atomic E-state index is 11.8. The van der Waals surface area contributed by atoms with Crippen molar-refractivity contribution in [1.82, 2.24) is 15.6 Å². The molecule has 2 aromatic rings. The monoisotopic (exact) mass is 285 g/mol. The summed E-state index contributed by atoms with van der Waals surface area (Å²) in [6.45, 7) is 0.608. The molecule has 0 saturated heterocycles. The molecule has 0 atom stereocenters. The zero-order valence-corrected chi connectivity index (χ0v) is 11.2.